The number of aliphatic hydroxyl groups excluding tert-OH is 1. The van der Waals surface area contributed by atoms with Crippen molar-refractivity contribution in [3.05, 3.63) is 0 Å². The normalized spacial score (nSPS) is 14.0. The zero-order chi connectivity index (χ0) is 68.4. The minimum atomic E-state index is -4.95. The molecule has 0 spiro atoms. The summed E-state index contributed by atoms with van der Waals surface area (Å²) in [5.41, 5.74) is 0. The number of phosphoric ester groups is 2. The number of unbranched alkanes of at least 4 members (excludes halogenated alkanes) is 46. The summed E-state index contributed by atoms with van der Waals surface area (Å²) in [6, 6.07) is 0. The molecule has 0 aromatic rings. The highest BCUT2D eigenvalue weighted by Crippen LogP contribution is 2.45. The molecule has 0 amide bonds. The van der Waals surface area contributed by atoms with Crippen molar-refractivity contribution in [2.45, 2.75) is 406 Å². The first-order chi connectivity index (χ1) is 45.0. The van der Waals surface area contributed by atoms with Crippen molar-refractivity contribution in [3.63, 3.8) is 0 Å². The lowest BCUT2D eigenvalue weighted by Gasteiger charge is -2.21. The third kappa shape index (κ3) is 68.4. The van der Waals surface area contributed by atoms with E-state index in [1.807, 2.05) is 0 Å². The molecule has 0 saturated carbocycles. The Balaban J connectivity index is 5.19. The highest BCUT2D eigenvalue weighted by molar-refractivity contribution is 7.47. The molecule has 0 fully saturated rings. The lowest BCUT2D eigenvalue weighted by Crippen LogP contribution is -2.30. The SMILES string of the molecule is CCCCCCCCCCCCCCCCCCCCCCC(=O)O[C@H](COC(=O)CCCCCCCCCCCCCCCC)COP(=O)(O)OC[C@@H](O)COP(=O)(O)OC[C@@H](COC(=O)CCCCCCCCC(C)C)OC(=O)CCCCCCCCCCCC. The molecule has 0 radical (unpaired) electrons. The maximum Gasteiger partial charge on any atom is 0.472 e. The van der Waals surface area contributed by atoms with Crippen LogP contribution in [0.4, 0.5) is 0 Å². The van der Waals surface area contributed by atoms with E-state index in [1.165, 1.54) is 205 Å². The van der Waals surface area contributed by atoms with E-state index in [-0.39, 0.29) is 25.7 Å². The fourth-order valence-electron chi connectivity index (χ4n) is 11.4. The third-order valence-corrected chi connectivity index (χ3v) is 19.2. The van der Waals surface area contributed by atoms with Gasteiger partial charge in [-0.25, -0.2) is 9.13 Å². The molecule has 17 nitrogen and oxygen atoms in total. The summed E-state index contributed by atoms with van der Waals surface area (Å²) in [5, 5.41) is 10.6. The van der Waals surface area contributed by atoms with Crippen LogP contribution in [-0.4, -0.2) is 96.7 Å². The Hall–Kier alpha value is -1.94. The second-order valence-electron chi connectivity index (χ2n) is 27.2. The summed E-state index contributed by atoms with van der Waals surface area (Å²) in [6.45, 7) is 7.18. The van der Waals surface area contributed by atoms with Crippen LogP contribution >= 0.6 is 15.6 Å². The number of aliphatic hydroxyl groups is 1. The fourth-order valence-corrected chi connectivity index (χ4v) is 12.9. The molecule has 5 atom stereocenters. The molecule has 0 aliphatic rings. The summed E-state index contributed by atoms with van der Waals surface area (Å²) in [6.07, 6.45) is 55.7. The van der Waals surface area contributed by atoms with Crippen LogP contribution in [0.5, 0.6) is 0 Å². The fraction of sp³-hybridized carbons (Fsp3) is 0.946. The van der Waals surface area contributed by atoms with E-state index in [0.29, 0.717) is 31.6 Å². The van der Waals surface area contributed by atoms with Gasteiger partial charge in [-0.2, -0.15) is 0 Å². The zero-order valence-corrected chi connectivity index (χ0v) is 62.2. The zero-order valence-electron chi connectivity index (χ0n) is 60.4. The van der Waals surface area contributed by atoms with E-state index >= 15 is 0 Å². The molecule has 19 heteroatoms. The van der Waals surface area contributed by atoms with Gasteiger partial charge in [-0.15, -0.1) is 0 Å². The molecular weight excluding hydrogens is 1220 g/mol. The number of rotatable bonds is 74. The number of phosphoric acid groups is 2. The highest BCUT2D eigenvalue weighted by atomic mass is 31.2. The van der Waals surface area contributed by atoms with Crippen LogP contribution in [0.2, 0.25) is 0 Å². The largest absolute Gasteiger partial charge is 0.472 e. The van der Waals surface area contributed by atoms with E-state index < -0.39 is 97.5 Å². The van der Waals surface area contributed by atoms with Crippen molar-refractivity contribution in [1.82, 2.24) is 0 Å². The Labute approximate surface area is 568 Å². The summed E-state index contributed by atoms with van der Waals surface area (Å²) in [5.74, 6) is -1.44. The molecule has 2 unspecified atom stereocenters. The second kappa shape index (κ2) is 67.3. The number of hydrogen-bond donors (Lipinski definition) is 3. The minimum Gasteiger partial charge on any atom is -0.462 e. The van der Waals surface area contributed by atoms with Crippen molar-refractivity contribution in [3.8, 4) is 0 Å². The number of carbonyl (C=O) groups excluding carboxylic acids is 4. The van der Waals surface area contributed by atoms with Gasteiger partial charge in [0.2, 0.25) is 0 Å². The van der Waals surface area contributed by atoms with Gasteiger partial charge in [-0.1, -0.05) is 336 Å². The van der Waals surface area contributed by atoms with Crippen molar-refractivity contribution in [2.75, 3.05) is 39.6 Å². The molecule has 0 aromatic carbocycles. The molecule has 3 N–H and O–H groups in total. The van der Waals surface area contributed by atoms with Gasteiger partial charge in [0.05, 0.1) is 26.4 Å². The van der Waals surface area contributed by atoms with Crippen LogP contribution in [0.3, 0.4) is 0 Å². The van der Waals surface area contributed by atoms with Gasteiger partial charge in [-0.05, 0) is 31.6 Å². The van der Waals surface area contributed by atoms with Crippen LogP contribution in [0.15, 0.2) is 0 Å². The standard InChI is InChI=1S/C74H144O17P2/c1-6-9-12-15-18-21-24-26-28-29-30-31-32-33-35-37-40-43-50-55-60-74(79)90-69(63-84-71(76)57-52-47-41-39-36-34-27-25-22-19-16-13-10-7-2)65-88-92(80,81)86-61-68(75)62-87-93(82,83)89-66-70(64-85-72(77)58-53-48-45-44-46-51-56-67(4)5)91-73(78)59-54-49-42-38-23-20-17-14-11-8-3/h67-70,75H,6-66H2,1-5H3,(H,80,81)(H,82,83)/t68-,69-,70-/m1/s1. The molecule has 0 aliphatic heterocycles. The van der Waals surface area contributed by atoms with Crippen LogP contribution in [0.1, 0.15) is 388 Å². The second-order valence-corrected chi connectivity index (χ2v) is 30.1. The topological polar surface area (TPSA) is 237 Å². The summed E-state index contributed by atoms with van der Waals surface area (Å²) >= 11 is 0. The predicted molar refractivity (Wildman–Crippen MR) is 377 cm³/mol. The number of hydrogen-bond acceptors (Lipinski definition) is 15. The van der Waals surface area contributed by atoms with Gasteiger partial charge < -0.3 is 33.8 Å². The van der Waals surface area contributed by atoms with E-state index in [1.54, 1.807) is 0 Å². The minimum absolute atomic E-state index is 0.106. The molecule has 0 aliphatic carbocycles. The maximum absolute atomic E-state index is 13.1. The van der Waals surface area contributed by atoms with Gasteiger partial charge in [-0.3, -0.25) is 37.3 Å². The lowest BCUT2D eigenvalue weighted by atomic mass is 10.0. The summed E-state index contributed by atoms with van der Waals surface area (Å²) < 4.78 is 68.4. The average Bonchev–Trinajstić information content (AvgIpc) is 2.67. The molecule has 0 aromatic heterocycles. The van der Waals surface area contributed by atoms with Gasteiger partial charge in [0.15, 0.2) is 12.2 Å². The first kappa shape index (κ1) is 91.1. The van der Waals surface area contributed by atoms with Crippen molar-refractivity contribution < 1.29 is 80.2 Å². The van der Waals surface area contributed by atoms with Crippen LogP contribution < -0.4 is 0 Å². The van der Waals surface area contributed by atoms with E-state index in [0.717, 1.165) is 96.3 Å². The molecule has 0 saturated heterocycles. The summed E-state index contributed by atoms with van der Waals surface area (Å²) in [7, 11) is -9.90. The van der Waals surface area contributed by atoms with Crippen molar-refractivity contribution in [1.29, 1.82) is 0 Å². The van der Waals surface area contributed by atoms with Crippen LogP contribution in [-0.2, 0) is 65.4 Å². The summed E-state index contributed by atoms with van der Waals surface area (Å²) in [4.78, 5) is 72.6. The Kier molecular flexibility index (Phi) is 65.9. The Morgan fingerprint density at radius 2 is 0.495 bits per heavy atom. The smallest absolute Gasteiger partial charge is 0.462 e. The monoisotopic (exact) mass is 1370 g/mol. The van der Waals surface area contributed by atoms with E-state index in [9.17, 15) is 43.2 Å². The first-order valence-electron chi connectivity index (χ1n) is 38.6. The van der Waals surface area contributed by atoms with Crippen LogP contribution in [0.25, 0.3) is 0 Å². The Morgan fingerprint density at radius 1 is 0.290 bits per heavy atom. The number of ether oxygens (including phenoxy) is 4. The third-order valence-electron chi connectivity index (χ3n) is 17.3. The van der Waals surface area contributed by atoms with Crippen LogP contribution in [0, 0.1) is 5.92 Å². The quantitative estimate of drug-likeness (QED) is 0.0222. The average molecular weight is 1370 g/mol. The van der Waals surface area contributed by atoms with E-state index in [4.69, 9.17) is 37.0 Å². The maximum atomic E-state index is 13.1. The first-order valence-corrected chi connectivity index (χ1v) is 41.6. The predicted octanol–water partition coefficient (Wildman–Crippen LogP) is 21.7. The molecule has 93 heavy (non-hydrogen) atoms. The molecule has 0 rings (SSSR count). The van der Waals surface area contributed by atoms with Gasteiger partial charge >= 0.3 is 39.5 Å². The van der Waals surface area contributed by atoms with Crippen molar-refractivity contribution >= 4 is 39.5 Å². The Bertz CT molecular complexity index is 1790. The van der Waals surface area contributed by atoms with Gasteiger partial charge in [0, 0.05) is 25.7 Å². The van der Waals surface area contributed by atoms with Gasteiger partial charge in [0.25, 0.3) is 0 Å². The number of esters is 4. The molecule has 552 valence electrons. The molecular formula is C74H144O17P2. The Morgan fingerprint density at radius 3 is 0.731 bits per heavy atom. The lowest BCUT2D eigenvalue weighted by molar-refractivity contribution is -0.161. The van der Waals surface area contributed by atoms with Gasteiger partial charge in [0.1, 0.15) is 19.3 Å². The van der Waals surface area contributed by atoms with E-state index in [2.05, 4.69) is 34.6 Å². The number of carbonyl (C=O) groups is 4. The highest BCUT2D eigenvalue weighted by Gasteiger charge is 2.30. The molecule has 0 heterocycles. The van der Waals surface area contributed by atoms with Crippen molar-refractivity contribution in [2.24, 2.45) is 5.92 Å². The molecule has 0 bridgehead atoms.